The molecule has 2 atom stereocenters. The van der Waals surface area contributed by atoms with E-state index in [1.807, 2.05) is 0 Å². The van der Waals surface area contributed by atoms with Gasteiger partial charge in [-0.3, -0.25) is 9.59 Å². The summed E-state index contributed by atoms with van der Waals surface area (Å²) in [6, 6.07) is 4.61. The van der Waals surface area contributed by atoms with Crippen molar-refractivity contribution in [1.29, 1.82) is 0 Å². The number of aliphatic carboxylic acids is 1. The Morgan fingerprint density at radius 2 is 2.06 bits per heavy atom. The third-order valence-electron chi connectivity index (χ3n) is 2.91. The zero-order valence-electron chi connectivity index (χ0n) is 9.30. The molecule has 0 aliphatic heterocycles. The first-order chi connectivity index (χ1) is 7.99. The van der Waals surface area contributed by atoms with Gasteiger partial charge in [0.15, 0.2) is 0 Å². The minimum Gasteiger partial charge on any atom is -0.508 e. The molecule has 5 nitrogen and oxygen atoms in total. The van der Waals surface area contributed by atoms with Crippen LogP contribution in [-0.4, -0.2) is 22.1 Å². The van der Waals surface area contributed by atoms with Crippen LogP contribution in [0.15, 0.2) is 18.2 Å². The lowest BCUT2D eigenvalue weighted by atomic mass is 10.2. The third-order valence-corrected chi connectivity index (χ3v) is 2.91. The van der Waals surface area contributed by atoms with Crippen LogP contribution in [0, 0.1) is 18.8 Å². The van der Waals surface area contributed by atoms with Crippen molar-refractivity contribution in [3.8, 4) is 5.75 Å². The number of phenolic OH excluding ortho intramolecular Hbond substituents is 1. The van der Waals surface area contributed by atoms with Crippen molar-refractivity contribution in [3.05, 3.63) is 23.8 Å². The van der Waals surface area contributed by atoms with Crippen LogP contribution in [0.25, 0.3) is 0 Å². The molecule has 1 fully saturated rings. The quantitative estimate of drug-likeness (QED) is 0.690. The number of aromatic hydroxyl groups is 1. The van der Waals surface area contributed by atoms with Crippen LogP contribution in [0.3, 0.4) is 0 Å². The number of hydrogen-bond donors (Lipinski definition) is 3. The van der Waals surface area contributed by atoms with Gasteiger partial charge in [0.1, 0.15) is 5.75 Å². The van der Waals surface area contributed by atoms with Crippen LogP contribution in [0.2, 0.25) is 0 Å². The Balaban J connectivity index is 2.02. The lowest BCUT2D eigenvalue weighted by Crippen LogP contribution is -2.17. The first kappa shape index (κ1) is 11.4. The van der Waals surface area contributed by atoms with Gasteiger partial charge in [-0.05, 0) is 37.1 Å². The normalized spacial score (nSPS) is 21.9. The van der Waals surface area contributed by atoms with Crippen molar-refractivity contribution < 1.29 is 19.8 Å². The average molecular weight is 235 g/mol. The molecule has 0 spiro atoms. The van der Waals surface area contributed by atoms with Crippen LogP contribution >= 0.6 is 0 Å². The first-order valence-electron chi connectivity index (χ1n) is 5.32. The molecule has 1 amide bonds. The maximum atomic E-state index is 11.7. The van der Waals surface area contributed by atoms with Gasteiger partial charge in [-0.1, -0.05) is 0 Å². The van der Waals surface area contributed by atoms with Gasteiger partial charge in [-0.25, -0.2) is 0 Å². The molecule has 17 heavy (non-hydrogen) atoms. The zero-order valence-corrected chi connectivity index (χ0v) is 9.30. The number of anilines is 1. The second kappa shape index (κ2) is 4.08. The van der Waals surface area contributed by atoms with Crippen molar-refractivity contribution >= 4 is 17.6 Å². The zero-order chi connectivity index (χ0) is 12.6. The number of amides is 1. The highest BCUT2D eigenvalue weighted by atomic mass is 16.4. The van der Waals surface area contributed by atoms with E-state index in [0.29, 0.717) is 12.1 Å². The monoisotopic (exact) mass is 235 g/mol. The second-order valence-electron chi connectivity index (χ2n) is 4.28. The molecular formula is C12H13NO4. The summed E-state index contributed by atoms with van der Waals surface area (Å²) in [6.07, 6.45) is 0.401. The Hall–Kier alpha value is -2.04. The molecule has 2 rings (SSSR count). The van der Waals surface area contributed by atoms with E-state index in [4.69, 9.17) is 5.11 Å². The maximum Gasteiger partial charge on any atom is 0.307 e. The predicted molar refractivity (Wildman–Crippen MR) is 60.7 cm³/mol. The van der Waals surface area contributed by atoms with Crippen LogP contribution in [0.4, 0.5) is 5.69 Å². The number of benzene rings is 1. The fourth-order valence-electron chi connectivity index (χ4n) is 1.77. The molecule has 3 N–H and O–H groups in total. The van der Waals surface area contributed by atoms with Crippen molar-refractivity contribution in [2.45, 2.75) is 13.3 Å². The number of carbonyl (C=O) groups excluding carboxylic acids is 1. The molecule has 0 radical (unpaired) electrons. The summed E-state index contributed by atoms with van der Waals surface area (Å²) < 4.78 is 0. The molecule has 5 heteroatoms. The summed E-state index contributed by atoms with van der Waals surface area (Å²) >= 11 is 0. The molecular weight excluding hydrogens is 222 g/mol. The highest BCUT2D eigenvalue weighted by molar-refractivity contribution is 5.98. The molecule has 0 unspecified atom stereocenters. The van der Waals surface area contributed by atoms with E-state index < -0.39 is 17.8 Å². The van der Waals surface area contributed by atoms with E-state index in [9.17, 15) is 14.7 Å². The van der Waals surface area contributed by atoms with Gasteiger partial charge in [0.25, 0.3) is 0 Å². The SMILES string of the molecule is Cc1cc(O)ccc1NC(=O)[C@@H]1C[C@@H]1C(=O)O. The summed E-state index contributed by atoms with van der Waals surface area (Å²) in [5.74, 6) is -2.04. The van der Waals surface area contributed by atoms with Crippen molar-refractivity contribution in [3.63, 3.8) is 0 Å². The van der Waals surface area contributed by atoms with Crippen LogP contribution in [-0.2, 0) is 9.59 Å². The Kier molecular flexibility index (Phi) is 2.75. The molecule has 0 bridgehead atoms. The largest absolute Gasteiger partial charge is 0.508 e. The molecule has 90 valence electrons. The van der Waals surface area contributed by atoms with Gasteiger partial charge in [0.05, 0.1) is 11.8 Å². The minimum atomic E-state index is -0.924. The van der Waals surface area contributed by atoms with Crippen molar-refractivity contribution in [2.24, 2.45) is 11.8 Å². The Morgan fingerprint density at radius 1 is 1.35 bits per heavy atom. The lowest BCUT2D eigenvalue weighted by molar-refractivity contribution is -0.139. The second-order valence-corrected chi connectivity index (χ2v) is 4.28. The average Bonchev–Trinajstić information content (AvgIpc) is 3.01. The highest BCUT2D eigenvalue weighted by Crippen LogP contribution is 2.39. The minimum absolute atomic E-state index is 0.135. The molecule has 1 aliphatic rings. The Bertz CT molecular complexity index is 483. The standard InChI is InChI=1S/C12H13NO4/c1-6-4-7(14)2-3-10(6)13-11(15)8-5-9(8)12(16)17/h2-4,8-9,14H,5H2,1H3,(H,13,15)(H,16,17)/t8-,9+/m1/s1. The third kappa shape index (κ3) is 2.38. The topological polar surface area (TPSA) is 86.6 Å². The van der Waals surface area contributed by atoms with Gasteiger partial charge in [-0.15, -0.1) is 0 Å². The summed E-state index contributed by atoms with van der Waals surface area (Å²) in [5.41, 5.74) is 1.34. The lowest BCUT2D eigenvalue weighted by Gasteiger charge is -2.08. The van der Waals surface area contributed by atoms with E-state index in [-0.39, 0.29) is 11.7 Å². The Morgan fingerprint density at radius 3 is 2.59 bits per heavy atom. The number of phenols is 1. The van der Waals surface area contributed by atoms with Gasteiger partial charge >= 0.3 is 5.97 Å². The fraction of sp³-hybridized carbons (Fsp3) is 0.333. The van der Waals surface area contributed by atoms with Crippen molar-refractivity contribution in [2.75, 3.05) is 5.32 Å². The van der Waals surface area contributed by atoms with Gasteiger partial charge in [0, 0.05) is 5.69 Å². The van der Waals surface area contributed by atoms with Crippen LogP contribution in [0.1, 0.15) is 12.0 Å². The van der Waals surface area contributed by atoms with Gasteiger partial charge in [-0.2, -0.15) is 0 Å². The first-order valence-corrected chi connectivity index (χ1v) is 5.32. The number of aryl methyl sites for hydroxylation is 1. The van der Waals surface area contributed by atoms with E-state index in [1.165, 1.54) is 12.1 Å². The molecule has 1 saturated carbocycles. The molecule has 1 aliphatic carbocycles. The fourth-order valence-corrected chi connectivity index (χ4v) is 1.77. The van der Waals surface area contributed by atoms with E-state index in [1.54, 1.807) is 13.0 Å². The molecule has 1 aromatic rings. The summed E-state index contributed by atoms with van der Waals surface area (Å²) in [7, 11) is 0. The molecule has 0 aromatic heterocycles. The maximum absolute atomic E-state index is 11.7. The summed E-state index contributed by atoms with van der Waals surface area (Å²) in [6.45, 7) is 1.76. The number of nitrogens with one attached hydrogen (secondary N) is 1. The molecule has 0 heterocycles. The smallest absolute Gasteiger partial charge is 0.307 e. The summed E-state index contributed by atoms with van der Waals surface area (Å²) in [5, 5.41) is 20.6. The number of rotatable bonds is 3. The molecule has 0 saturated heterocycles. The van der Waals surface area contributed by atoms with E-state index in [2.05, 4.69) is 5.32 Å². The molecule has 1 aromatic carbocycles. The number of carbonyl (C=O) groups is 2. The highest BCUT2D eigenvalue weighted by Gasteiger charge is 2.48. The Labute approximate surface area is 98.1 Å². The number of carboxylic acid groups (broad SMARTS) is 1. The van der Waals surface area contributed by atoms with E-state index in [0.717, 1.165) is 5.56 Å². The van der Waals surface area contributed by atoms with Crippen LogP contribution in [0.5, 0.6) is 5.75 Å². The summed E-state index contributed by atoms with van der Waals surface area (Å²) in [4.78, 5) is 22.3. The van der Waals surface area contributed by atoms with Crippen LogP contribution < -0.4 is 5.32 Å². The van der Waals surface area contributed by atoms with Gasteiger partial charge in [0.2, 0.25) is 5.91 Å². The number of hydrogen-bond acceptors (Lipinski definition) is 3. The number of carboxylic acids is 1. The predicted octanol–water partition coefficient (Wildman–Crippen LogP) is 1.36. The van der Waals surface area contributed by atoms with Crippen molar-refractivity contribution in [1.82, 2.24) is 0 Å². The van der Waals surface area contributed by atoms with Gasteiger partial charge < -0.3 is 15.5 Å². The van der Waals surface area contributed by atoms with E-state index >= 15 is 0 Å².